The lowest BCUT2D eigenvalue weighted by Crippen LogP contribution is -1.78. The summed E-state index contributed by atoms with van der Waals surface area (Å²) in [6.07, 6.45) is 1.98. The average molecular weight is 163 g/mol. The molecule has 0 aliphatic rings. The van der Waals surface area contributed by atoms with E-state index in [2.05, 4.69) is 4.98 Å². The quantitative estimate of drug-likeness (QED) is 0.641. The second kappa shape index (κ2) is 2.44. The molecule has 12 heavy (non-hydrogen) atoms. The second-order valence-corrected chi connectivity index (χ2v) is 2.56. The highest BCUT2D eigenvalue weighted by Gasteiger charge is 2.02. The lowest BCUT2D eigenvalue weighted by atomic mass is 10.2. The van der Waals surface area contributed by atoms with Crippen molar-refractivity contribution in [3.63, 3.8) is 0 Å². The van der Waals surface area contributed by atoms with Crippen LogP contribution in [0.25, 0.3) is 10.9 Å². The van der Waals surface area contributed by atoms with Crippen molar-refractivity contribution < 1.29 is 9.18 Å². The number of H-pyrrole nitrogens is 1. The molecule has 0 atom stereocenters. The van der Waals surface area contributed by atoms with E-state index < -0.39 is 0 Å². The van der Waals surface area contributed by atoms with Crippen LogP contribution in [-0.4, -0.2) is 11.3 Å². The Balaban J connectivity index is 2.79. The van der Waals surface area contributed by atoms with Crippen molar-refractivity contribution in [2.75, 3.05) is 0 Å². The number of carbonyl (C=O) groups is 1. The van der Waals surface area contributed by atoms with Crippen molar-refractivity contribution in [3.8, 4) is 0 Å². The van der Waals surface area contributed by atoms with Crippen LogP contribution in [-0.2, 0) is 0 Å². The summed E-state index contributed by atoms with van der Waals surface area (Å²) < 4.78 is 12.9. The van der Waals surface area contributed by atoms with Crippen LogP contribution in [0.5, 0.6) is 0 Å². The number of benzene rings is 1. The van der Waals surface area contributed by atoms with E-state index in [1.54, 1.807) is 12.1 Å². The number of aromatic nitrogens is 1. The Morgan fingerprint density at radius 3 is 3.00 bits per heavy atom. The molecule has 0 bridgehead atoms. The van der Waals surface area contributed by atoms with Crippen molar-refractivity contribution in [3.05, 3.63) is 35.8 Å². The Morgan fingerprint density at radius 2 is 2.25 bits per heavy atom. The number of hydrogen-bond donors (Lipinski definition) is 1. The number of rotatable bonds is 1. The van der Waals surface area contributed by atoms with E-state index in [0.29, 0.717) is 22.8 Å². The molecule has 60 valence electrons. The molecular formula is C9H6FNO. The zero-order chi connectivity index (χ0) is 8.55. The fourth-order valence-corrected chi connectivity index (χ4v) is 1.18. The van der Waals surface area contributed by atoms with Gasteiger partial charge >= 0.3 is 0 Å². The zero-order valence-corrected chi connectivity index (χ0v) is 6.17. The Kier molecular flexibility index (Phi) is 1.43. The molecule has 2 nitrogen and oxygen atoms in total. The largest absolute Gasteiger partial charge is 0.359 e. The van der Waals surface area contributed by atoms with Gasteiger partial charge in [0.15, 0.2) is 0 Å². The van der Waals surface area contributed by atoms with Crippen LogP contribution in [0.4, 0.5) is 4.39 Å². The third-order valence-electron chi connectivity index (χ3n) is 1.79. The molecular weight excluding hydrogens is 157 g/mol. The normalized spacial score (nSPS) is 10.4. The van der Waals surface area contributed by atoms with Crippen molar-refractivity contribution in [1.29, 1.82) is 0 Å². The minimum atomic E-state index is -0.325. The summed E-state index contributed by atoms with van der Waals surface area (Å²) in [6.45, 7) is 0. The van der Waals surface area contributed by atoms with Crippen molar-refractivity contribution in [2.24, 2.45) is 0 Å². The van der Waals surface area contributed by atoms with Gasteiger partial charge in [-0.2, -0.15) is 0 Å². The summed E-state index contributed by atoms with van der Waals surface area (Å²) in [5.41, 5.74) is 1.19. The van der Waals surface area contributed by atoms with Gasteiger partial charge in [0, 0.05) is 22.7 Å². The van der Waals surface area contributed by atoms with E-state index in [1.807, 2.05) is 0 Å². The van der Waals surface area contributed by atoms with Crippen LogP contribution in [0.15, 0.2) is 24.4 Å². The highest BCUT2D eigenvalue weighted by atomic mass is 19.1. The van der Waals surface area contributed by atoms with Gasteiger partial charge in [-0.05, 0) is 18.2 Å². The number of halogens is 1. The van der Waals surface area contributed by atoms with Gasteiger partial charge in [0.05, 0.1) is 0 Å². The molecule has 0 aliphatic heterocycles. The van der Waals surface area contributed by atoms with E-state index in [-0.39, 0.29) is 5.82 Å². The molecule has 0 aliphatic carbocycles. The third kappa shape index (κ3) is 0.906. The van der Waals surface area contributed by atoms with Crippen molar-refractivity contribution >= 4 is 17.2 Å². The number of aromatic amines is 1. The maximum Gasteiger partial charge on any atom is 0.150 e. The molecule has 1 N–H and O–H groups in total. The molecule has 3 heteroatoms. The molecule has 0 amide bonds. The first kappa shape index (κ1) is 7.03. The van der Waals surface area contributed by atoms with E-state index >= 15 is 0 Å². The minimum absolute atomic E-state index is 0.325. The van der Waals surface area contributed by atoms with Crippen LogP contribution in [0.1, 0.15) is 10.4 Å². The molecule has 0 saturated heterocycles. The minimum Gasteiger partial charge on any atom is -0.359 e. The SMILES string of the molecule is O=Cc1ccc2[nH]cc(F)c2c1. The predicted octanol–water partition coefficient (Wildman–Crippen LogP) is 2.12. The first-order valence-electron chi connectivity index (χ1n) is 3.53. The Bertz CT molecular complexity index is 433. The first-order chi connectivity index (χ1) is 5.81. The summed E-state index contributed by atoms with van der Waals surface area (Å²) in [5.74, 6) is -0.325. The second-order valence-electron chi connectivity index (χ2n) is 2.56. The predicted molar refractivity (Wildman–Crippen MR) is 43.6 cm³/mol. The van der Waals surface area contributed by atoms with Gasteiger partial charge in [0.1, 0.15) is 12.1 Å². The summed E-state index contributed by atoms with van der Waals surface area (Å²) in [6, 6.07) is 4.85. The smallest absolute Gasteiger partial charge is 0.150 e. The molecule has 0 unspecified atom stereocenters. The highest BCUT2D eigenvalue weighted by molar-refractivity contribution is 5.87. The lowest BCUT2D eigenvalue weighted by Gasteiger charge is -1.90. The number of carbonyl (C=O) groups excluding carboxylic acids is 1. The first-order valence-corrected chi connectivity index (χ1v) is 3.53. The van der Waals surface area contributed by atoms with Gasteiger partial charge in [0.2, 0.25) is 0 Å². The van der Waals surface area contributed by atoms with Gasteiger partial charge in [-0.1, -0.05) is 0 Å². The van der Waals surface area contributed by atoms with Gasteiger partial charge < -0.3 is 4.98 Å². The number of aldehydes is 1. The topological polar surface area (TPSA) is 32.9 Å². The van der Waals surface area contributed by atoms with E-state index in [4.69, 9.17) is 0 Å². The zero-order valence-electron chi connectivity index (χ0n) is 6.17. The fourth-order valence-electron chi connectivity index (χ4n) is 1.18. The summed E-state index contributed by atoms with van der Waals surface area (Å²) in [4.78, 5) is 13.1. The maximum absolute atomic E-state index is 12.9. The molecule has 2 aromatic rings. The Morgan fingerprint density at radius 1 is 1.42 bits per heavy atom. The summed E-state index contributed by atoms with van der Waals surface area (Å²) >= 11 is 0. The van der Waals surface area contributed by atoms with Crippen LogP contribution in [0.2, 0.25) is 0 Å². The lowest BCUT2D eigenvalue weighted by molar-refractivity contribution is 0.112. The number of nitrogens with one attached hydrogen (secondary N) is 1. The molecule has 2 rings (SSSR count). The van der Waals surface area contributed by atoms with Crippen molar-refractivity contribution in [2.45, 2.75) is 0 Å². The van der Waals surface area contributed by atoms with E-state index in [9.17, 15) is 9.18 Å². The molecule has 0 radical (unpaired) electrons. The molecule has 1 heterocycles. The van der Waals surface area contributed by atoms with Crippen LogP contribution in [0.3, 0.4) is 0 Å². The fraction of sp³-hybridized carbons (Fsp3) is 0. The summed E-state index contributed by atoms with van der Waals surface area (Å²) in [5, 5.41) is 0.458. The highest BCUT2D eigenvalue weighted by Crippen LogP contribution is 2.17. The average Bonchev–Trinajstić information content (AvgIpc) is 2.47. The van der Waals surface area contributed by atoms with Crippen LogP contribution in [0, 0.1) is 5.82 Å². The van der Waals surface area contributed by atoms with Gasteiger partial charge in [-0.3, -0.25) is 4.79 Å². The molecule has 0 saturated carbocycles. The Hall–Kier alpha value is -1.64. The Labute approximate surface area is 68.0 Å². The number of hydrogen-bond acceptors (Lipinski definition) is 1. The summed E-state index contributed by atoms with van der Waals surface area (Å²) in [7, 11) is 0. The monoisotopic (exact) mass is 163 g/mol. The van der Waals surface area contributed by atoms with Crippen molar-refractivity contribution in [1.82, 2.24) is 4.98 Å². The maximum atomic E-state index is 12.9. The molecule has 0 fully saturated rings. The third-order valence-corrected chi connectivity index (χ3v) is 1.79. The standard InChI is InChI=1S/C9H6FNO/c10-8-4-11-9-2-1-6(5-12)3-7(8)9/h1-5,11H. The number of fused-ring (bicyclic) bond motifs is 1. The molecule has 1 aromatic carbocycles. The van der Waals surface area contributed by atoms with Gasteiger partial charge in [-0.25, -0.2) is 4.39 Å². The van der Waals surface area contributed by atoms with Crippen LogP contribution >= 0.6 is 0 Å². The molecule has 1 aromatic heterocycles. The van der Waals surface area contributed by atoms with Crippen LogP contribution < -0.4 is 0 Å². The van der Waals surface area contributed by atoms with E-state index in [1.165, 1.54) is 12.3 Å². The molecule has 0 spiro atoms. The van der Waals surface area contributed by atoms with E-state index in [0.717, 1.165) is 0 Å². The van der Waals surface area contributed by atoms with Gasteiger partial charge in [0.25, 0.3) is 0 Å². The van der Waals surface area contributed by atoms with Gasteiger partial charge in [-0.15, -0.1) is 0 Å².